The Bertz CT molecular complexity index is 1100. The summed E-state index contributed by atoms with van der Waals surface area (Å²) in [5.74, 6) is 0.506. The smallest absolute Gasteiger partial charge is 0.335 e. The molecule has 0 saturated carbocycles. The molecule has 0 spiro atoms. The number of pyridine rings is 1. The summed E-state index contributed by atoms with van der Waals surface area (Å²) in [5, 5.41) is 10.8. The molecule has 6 nitrogen and oxygen atoms in total. The molecule has 0 radical (unpaired) electrons. The molecule has 7 heteroatoms. The van der Waals surface area contributed by atoms with Crippen LogP contribution in [0.25, 0.3) is 11.3 Å². The third kappa shape index (κ3) is 3.21. The SMILES string of the molecule is C[C@@H]1CN2C(=N[C@H](c3ccccn3)[C@H]2c2ccc(-c3cccc(C(=O)O)c3)o2)S1. The number of aromatic nitrogens is 1. The molecule has 4 heterocycles. The summed E-state index contributed by atoms with van der Waals surface area (Å²) in [4.78, 5) is 23.1. The highest BCUT2D eigenvalue weighted by atomic mass is 32.2. The minimum Gasteiger partial charge on any atom is -0.478 e. The zero-order chi connectivity index (χ0) is 20.0. The number of rotatable bonds is 4. The summed E-state index contributed by atoms with van der Waals surface area (Å²) < 4.78 is 6.24. The fourth-order valence-corrected chi connectivity index (χ4v) is 4.99. The van der Waals surface area contributed by atoms with Gasteiger partial charge in [-0.2, -0.15) is 0 Å². The van der Waals surface area contributed by atoms with E-state index in [-0.39, 0.29) is 17.6 Å². The number of carbonyl (C=O) groups is 1. The van der Waals surface area contributed by atoms with Crippen LogP contribution >= 0.6 is 11.8 Å². The van der Waals surface area contributed by atoms with E-state index in [1.54, 1.807) is 36.2 Å². The molecule has 1 N–H and O–H groups in total. The first-order valence-corrected chi connectivity index (χ1v) is 10.3. The van der Waals surface area contributed by atoms with E-state index < -0.39 is 5.97 Å². The van der Waals surface area contributed by atoms with Crippen LogP contribution in [0.2, 0.25) is 0 Å². The summed E-state index contributed by atoms with van der Waals surface area (Å²) in [6, 6.07) is 16.3. The molecule has 1 fully saturated rings. The summed E-state index contributed by atoms with van der Waals surface area (Å²) in [7, 11) is 0. The molecule has 2 aliphatic heterocycles. The fraction of sp³-hybridized carbons (Fsp3) is 0.227. The molecule has 0 amide bonds. The molecule has 3 aromatic rings. The highest BCUT2D eigenvalue weighted by Crippen LogP contribution is 2.48. The molecule has 1 aromatic carbocycles. The Morgan fingerprint density at radius 1 is 1.21 bits per heavy atom. The van der Waals surface area contributed by atoms with Crippen molar-refractivity contribution in [2.45, 2.75) is 24.3 Å². The summed E-state index contributed by atoms with van der Waals surface area (Å²) >= 11 is 1.78. The normalized spacial score (nSPS) is 23.1. The molecule has 29 heavy (non-hydrogen) atoms. The maximum atomic E-state index is 11.3. The van der Waals surface area contributed by atoms with Gasteiger partial charge in [0.2, 0.25) is 0 Å². The topological polar surface area (TPSA) is 78.9 Å². The third-order valence-electron chi connectivity index (χ3n) is 5.19. The lowest BCUT2D eigenvalue weighted by Gasteiger charge is -2.25. The monoisotopic (exact) mass is 405 g/mol. The highest BCUT2D eigenvalue weighted by molar-refractivity contribution is 8.14. The van der Waals surface area contributed by atoms with E-state index in [2.05, 4.69) is 16.8 Å². The first-order chi connectivity index (χ1) is 14.1. The second kappa shape index (κ2) is 7.08. The number of hydrogen-bond acceptors (Lipinski definition) is 6. The van der Waals surface area contributed by atoms with Gasteiger partial charge in [-0.3, -0.25) is 4.98 Å². The molecule has 2 aliphatic rings. The molecule has 0 aliphatic carbocycles. The van der Waals surface area contributed by atoms with Crippen molar-refractivity contribution in [1.82, 2.24) is 9.88 Å². The van der Waals surface area contributed by atoms with Crippen LogP contribution in [-0.2, 0) is 0 Å². The number of furan rings is 1. The number of fused-ring (bicyclic) bond motifs is 1. The lowest BCUT2D eigenvalue weighted by Crippen LogP contribution is -2.28. The number of nitrogens with zero attached hydrogens (tertiary/aromatic N) is 3. The first kappa shape index (κ1) is 18.0. The zero-order valence-corrected chi connectivity index (χ0v) is 16.5. The standard InChI is InChI=1S/C22H19N3O3S/c1-13-12-25-20(19(24-22(25)29-13)16-7-2-3-10-23-16)18-9-8-17(28-18)14-5-4-6-15(11-14)21(26)27/h2-11,13,19-20H,12H2,1H3,(H,26,27)/t13-,19-,20-/m1/s1. The Hall–Kier alpha value is -3.06. The Morgan fingerprint density at radius 2 is 2.10 bits per heavy atom. The van der Waals surface area contributed by atoms with E-state index in [9.17, 15) is 9.90 Å². The van der Waals surface area contributed by atoms with Crippen LogP contribution in [0.3, 0.4) is 0 Å². The van der Waals surface area contributed by atoms with Gasteiger partial charge in [-0.05, 0) is 36.4 Å². The minimum absolute atomic E-state index is 0.0613. The van der Waals surface area contributed by atoms with Crippen molar-refractivity contribution >= 4 is 22.9 Å². The Balaban J connectivity index is 1.52. The van der Waals surface area contributed by atoms with Crippen LogP contribution in [0.15, 0.2) is 70.2 Å². The van der Waals surface area contributed by atoms with Gasteiger partial charge in [0.25, 0.3) is 0 Å². The van der Waals surface area contributed by atoms with E-state index in [1.807, 2.05) is 36.4 Å². The van der Waals surface area contributed by atoms with Crippen LogP contribution in [0.1, 0.15) is 40.8 Å². The van der Waals surface area contributed by atoms with Crippen molar-refractivity contribution in [2.24, 2.45) is 4.99 Å². The number of amidine groups is 1. The van der Waals surface area contributed by atoms with Crippen LogP contribution in [0.4, 0.5) is 0 Å². The van der Waals surface area contributed by atoms with Crippen molar-refractivity contribution in [3.05, 3.63) is 77.8 Å². The minimum atomic E-state index is -0.953. The first-order valence-electron chi connectivity index (χ1n) is 9.45. The molecule has 146 valence electrons. The molecule has 0 unspecified atom stereocenters. The van der Waals surface area contributed by atoms with E-state index in [1.165, 1.54) is 0 Å². The molecule has 2 aromatic heterocycles. The zero-order valence-electron chi connectivity index (χ0n) is 15.7. The van der Waals surface area contributed by atoms with E-state index >= 15 is 0 Å². The van der Waals surface area contributed by atoms with Crippen LogP contribution in [0.5, 0.6) is 0 Å². The number of carboxylic acid groups (broad SMARTS) is 1. The predicted molar refractivity (Wildman–Crippen MR) is 112 cm³/mol. The van der Waals surface area contributed by atoms with Crippen LogP contribution < -0.4 is 0 Å². The van der Waals surface area contributed by atoms with Gasteiger partial charge in [0, 0.05) is 23.6 Å². The fourth-order valence-electron chi connectivity index (χ4n) is 3.90. The Morgan fingerprint density at radius 3 is 2.90 bits per heavy atom. The summed E-state index contributed by atoms with van der Waals surface area (Å²) in [6.07, 6.45) is 1.79. The van der Waals surface area contributed by atoms with Gasteiger partial charge in [0.1, 0.15) is 23.6 Å². The molecule has 1 saturated heterocycles. The molecule has 0 bridgehead atoms. The number of aromatic carboxylic acids is 1. The molecular formula is C22H19N3O3S. The van der Waals surface area contributed by atoms with Crippen molar-refractivity contribution in [3.8, 4) is 11.3 Å². The number of thioether (sulfide) groups is 1. The van der Waals surface area contributed by atoms with E-state index in [0.29, 0.717) is 11.0 Å². The second-order valence-corrected chi connectivity index (χ2v) is 8.63. The number of carboxylic acids is 1. The third-order valence-corrected chi connectivity index (χ3v) is 6.30. The lowest BCUT2D eigenvalue weighted by atomic mass is 10.0. The van der Waals surface area contributed by atoms with E-state index in [0.717, 1.165) is 28.7 Å². The van der Waals surface area contributed by atoms with Gasteiger partial charge in [0.15, 0.2) is 5.17 Å². The van der Waals surface area contributed by atoms with Gasteiger partial charge in [-0.1, -0.05) is 36.9 Å². The average Bonchev–Trinajstić information content (AvgIpc) is 3.42. The van der Waals surface area contributed by atoms with Gasteiger partial charge >= 0.3 is 5.97 Å². The lowest BCUT2D eigenvalue weighted by molar-refractivity contribution is 0.0697. The van der Waals surface area contributed by atoms with Crippen LogP contribution in [-0.4, -0.2) is 37.9 Å². The summed E-state index contributed by atoms with van der Waals surface area (Å²) in [5.41, 5.74) is 1.90. The average molecular weight is 405 g/mol. The van der Waals surface area contributed by atoms with Gasteiger partial charge in [-0.25, -0.2) is 9.79 Å². The van der Waals surface area contributed by atoms with Crippen molar-refractivity contribution in [2.75, 3.05) is 6.54 Å². The number of benzene rings is 1. The number of hydrogen-bond donors (Lipinski definition) is 1. The maximum absolute atomic E-state index is 11.3. The maximum Gasteiger partial charge on any atom is 0.335 e. The second-order valence-electron chi connectivity index (χ2n) is 7.22. The highest BCUT2D eigenvalue weighted by Gasteiger charge is 2.45. The van der Waals surface area contributed by atoms with Gasteiger partial charge in [-0.15, -0.1) is 0 Å². The number of aliphatic imine (C=N–C) groups is 1. The van der Waals surface area contributed by atoms with E-state index in [4.69, 9.17) is 9.41 Å². The molecule has 3 atom stereocenters. The van der Waals surface area contributed by atoms with Gasteiger partial charge < -0.3 is 14.4 Å². The van der Waals surface area contributed by atoms with Crippen LogP contribution in [0, 0.1) is 0 Å². The largest absolute Gasteiger partial charge is 0.478 e. The molecule has 5 rings (SSSR count). The Labute approximate surface area is 172 Å². The van der Waals surface area contributed by atoms with Crippen molar-refractivity contribution in [1.29, 1.82) is 0 Å². The quantitative estimate of drug-likeness (QED) is 0.682. The van der Waals surface area contributed by atoms with Gasteiger partial charge in [0.05, 0.1) is 11.3 Å². The van der Waals surface area contributed by atoms with Crippen molar-refractivity contribution < 1.29 is 14.3 Å². The van der Waals surface area contributed by atoms with Crippen molar-refractivity contribution in [3.63, 3.8) is 0 Å². The molecular weight excluding hydrogens is 386 g/mol. The predicted octanol–water partition coefficient (Wildman–Crippen LogP) is 4.63. The Kier molecular flexibility index (Phi) is 4.39. The summed E-state index contributed by atoms with van der Waals surface area (Å²) in [6.45, 7) is 3.10.